The van der Waals surface area contributed by atoms with Crippen LogP contribution in [-0.4, -0.2) is 102 Å². The van der Waals surface area contributed by atoms with Crippen LogP contribution in [-0.2, 0) is 28.8 Å². The molecule has 14 atom stereocenters. The molecule has 6 N–H and O–H groups in total. The third kappa shape index (κ3) is 8.77. The number of aliphatic carboxylic acids is 2. The number of aliphatic hydroxyl groups excluding tert-OH is 4. The quantitative estimate of drug-likeness (QED) is 0.131. The van der Waals surface area contributed by atoms with Gasteiger partial charge in [0.05, 0.1) is 12.2 Å². The van der Waals surface area contributed by atoms with Gasteiger partial charge in [-0.25, -0.2) is 0 Å². The summed E-state index contributed by atoms with van der Waals surface area (Å²) in [4.78, 5) is 67.5. The number of aliphatic hydroxyl groups is 6. The standard InChI is InChI=1S/2C21H30O5.C4H6O4.2Na/c2*1-19-7-5-13(23)9-12(19)3-4-14-15-6-8-21(26,17(25)11-22)20(15,2)10-16(24)18(14)19;5-3(6)1-2-4(7)8;;/h2*9,14-16,18,22,24,26H,3-8,10-11H2,1-2H3;1-2H2,(H,5,6)(H,7,8);;/q;;;2*+1/p-2/t14?,15?,16?,18?,19-,20-,21-;14-,15?,16+,18+,19+,20+,21+;;;/m01.../s1. The number of hydrogen-bond donors (Lipinski definition) is 6. The van der Waals surface area contributed by atoms with Crippen molar-refractivity contribution in [1.29, 1.82) is 0 Å². The summed E-state index contributed by atoms with van der Waals surface area (Å²) in [6.45, 7) is 6.92. The molecule has 0 aromatic carbocycles. The van der Waals surface area contributed by atoms with Crippen LogP contribution in [0.4, 0.5) is 0 Å². The van der Waals surface area contributed by atoms with E-state index in [9.17, 15) is 69.6 Å². The topological polar surface area (TPSA) is 270 Å². The summed E-state index contributed by atoms with van der Waals surface area (Å²) >= 11 is 0. The van der Waals surface area contributed by atoms with E-state index < -0.39 is 83.8 Å². The van der Waals surface area contributed by atoms with Gasteiger partial charge in [0.2, 0.25) is 0 Å². The Kier molecular flexibility index (Phi) is 16.9. The van der Waals surface area contributed by atoms with Crippen LogP contribution in [0.2, 0.25) is 0 Å². The fourth-order valence-corrected chi connectivity index (χ4v) is 14.8. The zero-order chi connectivity index (χ0) is 44.4. The molecule has 6 saturated carbocycles. The Bertz CT molecular complexity index is 1720. The number of fused-ring (bicyclic) bond motifs is 10. The summed E-state index contributed by atoms with van der Waals surface area (Å²) in [7, 11) is 0. The molecule has 8 aliphatic carbocycles. The number of rotatable bonds is 7. The third-order valence-electron chi connectivity index (χ3n) is 17.8. The molecule has 0 spiro atoms. The normalized spacial score (nSPS) is 43.5. The van der Waals surface area contributed by atoms with Crippen molar-refractivity contribution in [3.8, 4) is 0 Å². The largest absolute Gasteiger partial charge is 1.00 e. The zero-order valence-electron chi connectivity index (χ0n) is 37.5. The SMILES string of the molecule is C[C@]12CCC(=O)C=C1CCC1C2C(O)C[C@@]2(C)C1CC[C@]2(O)C(=O)CO.C[C@]12CCC(=O)C=C1CC[C@@H]1C3CC[C@](O)(C(=O)CO)[C@@]3(C)C[C@H](O)[C@H]12.O=C([O-])CCC(=O)[O-].[Na+].[Na+]. The van der Waals surface area contributed by atoms with E-state index in [4.69, 9.17) is 0 Å². The number of allylic oxidation sites excluding steroid dienone is 2. The van der Waals surface area contributed by atoms with Crippen molar-refractivity contribution in [3.63, 3.8) is 0 Å². The van der Waals surface area contributed by atoms with Gasteiger partial charge in [-0.2, -0.15) is 0 Å². The van der Waals surface area contributed by atoms with Crippen molar-refractivity contribution >= 4 is 35.1 Å². The molecule has 0 amide bonds. The van der Waals surface area contributed by atoms with Crippen LogP contribution in [0.15, 0.2) is 23.3 Å². The molecular weight excluding hydrogens is 822 g/mol. The van der Waals surface area contributed by atoms with E-state index in [0.717, 1.165) is 51.4 Å². The van der Waals surface area contributed by atoms with E-state index >= 15 is 0 Å². The van der Waals surface area contributed by atoms with E-state index in [1.54, 1.807) is 12.2 Å². The second kappa shape index (κ2) is 19.6. The molecule has 14 nitrogen and oxygen atoms in total. The second-order valence-corrected chi connectivity index (χ2v) is 20.4. The Labute approximate surface area is 408 Å². The second-order valence-electron chi connectivity index (χ2n) is 20.4. The number of Topliss-reactive ketones (excluding diaryl/α,β-unsaturated/α-hetero) is 2. The monoisotopic (exact) mass is 886 g/mol. The Balaban J connectivity index is 0.000000226. The number of hydrogen-bond acceptors (Lipinski definition) is 14. The molecule has 0 heterocycles. The maximum Gasteiger partial charge on any atom is 1.00 e. The van der Waals surface area contributed by atoms with E-state index in [0.29, 0.717) is 38.5 Å². The molecule has 6 fully saturated rings. The summed E-state index contributed by atoms with van der Waals surface area (Å²) < 4.78 is 0. The van der Waals surface area contributed by atoms with Crippen molar-refractivity contribution in [2.24, 2.45) is 57.2 Å². The van der Waals surface area contributed by atoms with Gasteiger partial charge in [0.25, 0.3) is 0 Å². The van der Waals surface area contributed by atoms with Gasteiger partial charge in [-0.15, -0.1) is 0 Å². The molecule has 0 aromatic rings. The van der Waals surface area contributed by atoms with Crippen LogP contribution in [0.5, 0.6) is 0 Å². The molecule has 334 valence electrons. The molecule has 0 aliphatic heterocycles. The van der Waals surface area contributed by atoms with Crippen molar-refractivity contribution < 1.29 is 129 Å². The van der Waals surface area contributed by atoms with E-state index in [1.165, 1.54) is 11.1 Å². The van der Waals surface area contributed by atoms with Gasteiger partial charge in [0.1, 0.15) is 24.4 Å². The average Bonchev–Trinajstić information content (AvgIpc) is 3.62. The van der Waals surface area contributed by atoms with Gasteiger partial charge < -0.3 is 50.4 Å². The van der Waals surface area contributed by atoms with Gasteiger partial charge in [-0.3, -0.25) is 19.2 Å². The smallest absolute Gasteiger partial charge is 0.550 e. The first-order chi connectivity index (χ1) is 28.0. The summed E-state index contributed by atoms with van der Waals surface area (Å²) in [6.07, 6.45) is 10.5. The van der Waals surface area contributed by atoms with Crippen molar-refractivity contribution in [2.75, 3.05) is 13.2 Å². The minimum absolute atomic E-state index is 0. The molecule has 8 rings (SSSR count). The van der Waals surface area contributed by atoms with Crippen LogP contribution in [0.25, 0.3) is 0 Å². The van der Waals surface area contributed by atoms with Crippen molar-refractivity contribution in [3.05, 3.63) is 23.3 Å². The molecule has 5 unspecified atom stereocenters. The minimum Gasteiger partial charge on any atom is -0.550 e. The molecule has 0 aromatic heterocycles. The van der Waals surface area contributed by atoms with Gasteiger partial charge in [0.15, 0.2) is 23.1 Å². The third-order valence-corrected chi connectivity index (χ3v) is 17.8. The maximum absolute atomic E-state index is 12.4. The minimum atomic E-state index is -1.54. The first kappa shape index (κ1) is 53.5. The summed E-state index contributed by atoms with van der Waals surface area (Å²) in [5.74, 6) is -2.45. The van der Waals surface area contributed by atoms with Gasteiger partial charge in [0, 0.05) is 35.6 Å². The summed E-state index contributed by atoms with van der Waals surface area (Å²) in [5.41, 5.74) is -2.46. The predicted octanol–water partition coefficient (Wildman–Crippen LogP) is -5.16. The van der Waals surface area contributed by atoms with Crippen LogP contribution in [0.1, 0.15) is 130 Å². The maximum atomic E-state index is 12.4. The summed E-state index contributed by atoms with van der Waals surface area (Å²) in [6, 6.07) is 0. The Morgan fingerprint density at radius 3 is 1.24 bits per heavy atom. The van der Waals surface area contributed by atoms with Crippen LogP contribution in [0, 0.1) is 57.2 Å². The Morgan fingerprint density at radius 1 is 0.597 bits per heavy atom. The number of carboxylic acids is 2. The Morgan fingerprint density at radius 2 is 0.935 bits per heavy atom. The average molecular weight is 887 g/mol. The number of ketones is 4. The predicted molar refractivity (Wildman–Crippen MR) is 210 cm³/mol. The van der Waals surface area contributed by atoms with E-state index in [2.05, 4.69) is 13.8 Å². The van der Waals surface area contributed by atoms with Crippen LogP contribution < -0.4 is 69.3 Å². The molecule has 0 saturated heterocycles. The van der Waals surface area contributed by atoms with Crippen LogP contribution >= 0.6 is 0 Å². The van der Waals surface area contributed by atoms with Gasteiger partial charge >= 0.3 is 59.1 Å². The first-order valence-corrected chi connectivity index (χ1v) is 21.9. The molecule has 8 aliphatic rings. The first-order valence-electron chi connectivity index (χ1n) is 21.9. The molecule has 16 heteroatoms. The fourth-order valence-electron chi connectivity index (χ4n) is 14.8. The fraction of sp³-hybridized carbons (Fsp3) is 0.783. The molecular formula is C46H64Na2O14. The number of carboxylic acid groups (broad SMARTS) is 2. The number of carbonyl (C=O) groups is 6. The van der Waals surface area contributed by atoms with Crippen molar-refractivity contribution in [2.45, 2.75) is 154 Å². The molecule has 0 radical (unpaired) electrons. The molecule has 62 heavy (non-hydrogen) atoms. The molecule has 0 bridgehead atoms. The van der Waals surface area contributed by atoms with Crippen LogP contribution in [0.3, 0.4) is 0 Å². The number of carbonyl (C=O) groups excluding carboxylic acids is 6. The Hall–Kier alpha value is -1.14. The summed E-state index contributed by atoms with van der Waals surface area (Å²) in [5, 5.41) is 82.5. The van der Waals surface area contributed by atoms with E-state index in [1.807, 2.05) is 13.8 Å². The van der Waals surface area contributed by atoms with Gasteiger partial charge in [-0.05, 0) is 148 Å². The van der Waals surface area contributed by atoms with Gasteiger partial charge in [-0.1, -0.05) is 38.8 Å². The zero-order valence-corrected chi connectivity index (χ0v) is 41.5. The van der Waals surface area contributed by atoms with Crippen molar-refractivity contribution in [1.82, 2.24) is 0 Å². The van der Waals surface area contributed by atoms with E-state index in [-0.39, 0.29) is 117 Å².